The topological polar surface area (TPSA) is 250 Å². The average Bonchev–Trinajstić information content (AvgIpc) is 4.14. The molecule has 0 radical (unpaired) electrons. The van der Waals surface area contributed by atoms with Gasteiger partial charge in [0.2, 0.25) is 11.9 Å². The van der Waals surface area contributed by atoms with Gasteiger partial charge in [-0.3, -0.25) is 9.36 Å². The predicted molar refractivity (Wildman–Crippen MR) is 268 cm³/mol. The molecular formula is C50H55F6KN14O8. The number of carbonyl (C=O) groups excluding carboxylic acids is 2. The minimum absolute atomic E-state index is 0. The van der Waals surface area contributed by atoms with Gasteiger partial charge < -0.3 is 64.6 Å². The number of halogens is 6. The van der Waals surface area contributed by atoms with Crippen LogP contribution in [0.5, 0.6) is 11.5 Å². The summed E-state index contributed by atoms with van der Waals surface area (Å²) in [6.07, 6.45) is -4.83. The SMILES string of the molecule is CCOC(=O)c1nn(CCO)c2c1CCc1cnc(Nc3cc(N4CCN(C)CC4)ccc3OC(F)(F)F)nc1-2.CN1CCN(c2ccc(OC(F)(F)F)c(Nc3ncc4c(n3)-c3c(c(C(=O)[O-])nn3CCO)CC4)c2)CC1.[K+]. The van der Waals surface area contributed by atoms with Gasteiger partial charge in [0.05, 0.1) is 73.0 Å². The molecule has 6 heterocycles. The van der Waals surface area contributed by atoms with Crippen LogP contribution in [0.1, 0.15) is 50.2 Å². The van der Waals surface area contributed by atoms with Crippen molar-refractivity contribution >= 4 is 46.6 Å². The molecule has 416 valence electrons. The Kier molecular flexibility index (Phi) is 18.7. The molecule has 0 unspecified atom stereocenters. The van der Waals surface area contributed by atoms with Gasteiger partial charge in [0.15, 0.2) is 17.2 Å². The molecule has 2 fully saturated rings. The number of hydrogen-bond acceptors (Lipinski definition) is 20. The van der Waals surface area contributed by atoms with Gasteiger partial charge in [-0.2, -0.15) is 10.2 Å². The smallest absolute Gasteiger partial charge is 0.543 e. The minimum atomic E-state index is -4.91. The number of alkyl halides is 6. The van der Waals surface area contributed by atoms with Crippen LogP contribution < -0.4 is 86.4 Å². The average molecular weight is 1130 g/mol. The first-order valence-corrected chi connectivity index (χ1v) is 25.0. The zero-order valence-electron chi connectivity index (χ0n) is 43.6. The number of esters is 1. The van der Waals surface area contributed by atoms with Gasteiger partial charge in [0.25, 0.3) is 0 Å². The number of aliphatic hydroxyl groups excluding tert-OH is 2. The number of hydrogen-bond donors (Lipinski definition) is 4. The predicted octanol–water partition coefficient (Wildman–Crippen LogP) is 1.19. The minimum Gasteiger partial charge on any atom is -0.543 e. The number of nitrogens with zero attached hydrogens (tertiary/aromatic N) is 12. The molecule has 4 aromatic heterocycles. The fourth-order valence-corrected chi connectivity index (χ4v) is 9.69. The molecule has 2 aliphatic carbocycles. The second kappa shape index (κ2) is 25.1. The molecule has 2 aromatic carbocycles. The van der Waals surface area contributed by atoms with Crippen molar-refractivity contribution in [2.24, 2.45) is 0 Å². The summed E-state index contributed by atoms with van der Waals surface area (Å²) in [5.74, 6) is -2.83. The number of aromatic carboxylic acids is 1. The van der Waals surface area contributed by atoms with Crippen LogP contribution in [0.25, 0.3) is 22.8 Å². The Bertz CT molecular complexity index is 3160. The largest absolute Gasteiger partial charge is 1.00 e. The number of fused-ring (bicyclic) bond motifs is 6. The standard InChI is InChI=1S/C26H30F3N7O4.C24H26F3N7O4.K/c1-3-39-24(38)22-18-6-4-16-15-30-25(32-21(16)23(18)36(33-22)12-13-37)31-19-14-17(35-10-8-34(2)9-11-35)5-7-20(19)40-26(27,28)29;1-32-6-8-33(9-7-32)15-3-5-18(38-24(25,26)27)17(12-15)29-23-28-13-14-2-4-16-20(22(36)37)31-34(10-11-35)21(16)19(14)30-23;/h5,7,14-15,37H,3-4,6,8-13H2,1-2H3,(H,30,31,32);3,5,12-13,35H,2,4,6-11H2,1H3,(H,36,37)(H,28,29,30);/q;;+1/p-1. The summed E-state index contributed by atoms with van der Waals surface area (Å²) in [4.78, 5) is 50.5. The fourth-order valence-electron chi connectivity index (χ4n) is 9.69. The van der Waals surface area contributed by atoms with Gasteiger partial charge >= 0.3 is 70.1 Å². The maximum atomic E-state index is 13.2. The van der Waals surface area contributed by atoms with Crippen LogP contribution in [-0.4, -0.2) is 170 Å². The van der Waals surface area contributed by atoms with E-state index in [-0.39, 0.29) is 119 Å². The molecule has 79 heavy (non-hydrogen) atoms. The van der Waals surface area contributed by atoms with E-state index in [2.05, 4.69) is 69.8 Å². The summed E-state index contributed by atoms with van der Waals surface area (Å²) in [7, 11) is 4.03. The van der Waals surface area contributed by atoms with Gasteiger partial charge in [-0.05, 0) is 94.2 Å². The van der Waals surface area contributed by atoms with Crippen LogP contribution >= 0.6 is 0 Å². The molecule has 10 rings (SSSR count). The number of rotatable bonds is 15. The van der Waals surface area contributed by atoms with Crippen molar-refractivity contribution < 1.29 is 117 Å². The Morgan fingerprint density at radius 3 is 1.46 bits per heavy atom. The van der Waals surface area contributed by atoms with Gasteiger partial charge in [0.1, 0.15) is 5.69 Å². The Hall–Kier alpha value is -6.18. The van der Waals surface area contributed by atoms with Crippen LogP contribution in [0, 0.1) is 0 Å². The van der Waals surface area contributed by atoms with E-state index in [1.807, 2.05) is 14.1 Å². The molecule has 2 saturated heterocycles. The van der Waals surface area contributed by atoms with Crippen molar-refractivity contribution in [3.8, 4) is 34.3 Å². The van der Waals surface area contributed by atoms with Gasteiger partial charge in [0, 0.05) is 87.3 Å². The van der Waals surface area contributed by atoms with Crippen LogP contribution in [0.4, 0.5) is 61.0 Å². The van der Waals surface area contributed by atoms with Crippen molar-refractivity contribution in [3.05, 3.63) is 82.4 Å². The molecule has 22 nitrogen and oxygen atoms in total. The van der Waals surface area contributed by atoms with Gasteiger partial charge in [-0.25, -0.2) is 24.7 Å². The number of aryl methyl sites for hydroxylation is 2. The summed E-state index contributed by atoms with van der Waals surface area (Å²) in [6, 6.07) is 8.86. The Morgan fingerprint density at radius 2 is 1.06 bits per heavy atom. The zero-order chi connectivity index (χ0) is 55.5. The Morgan fingerprint density at radius 1 is 0.646 bits per heavy atom. The van der Waals surface area contributed by atoms with Gasteiger partial charge in [-0.1, -0.05) is 0 Å². The van der Waals surface area contributed by atoms with Crippen molar-refractivity contribution in [3.63, 3.8) is 0 Å². The number of carboxylic acid groups (broad SMARTS) is 1. The van der Waals surface area contributed by atoms with E-state index in [4.69, 9.17) is 4.74 Å². The molecule has 0 bridgehead atoms. The molecule has 0 spiro atoms. The molecule has 0 saturated carbocycles. The molecule has 29 heteroatoms. The van der Waals surface area contributed by atoms with E-state index in [0.29, 0.717) is 78.2 Å². The third kappa shape index (κ3) is 13.9. The van der Waals surface area contributed by atoms with Crippen LogP contribution in [-0.2, 0) is 43.5 Å². The maximum Gasteiger partial charge on any atom is 1.00 e. The summed E-state index contributed by atoms with van der Waals surface area (Å²) >= 11 is 0. The number of piperazine rings is 2. The number of carboxylic acids is 1. The van der Waals surface area contributed by atoms with Crippen LogP contribution in [0.15, 0.2) is 48.8 Å². The first-order valence-electron chi connectivity index (χ1n) is 25.0. The van der Waals surface area contributed by atoms with E-state index in [1.54, 1.807) is 37.4 Å². The quantitative estimate of drug-likeness (QED) is 0.0641. The van der Waals surface area contributed by atoms with E-state index in [0.717, 1.165) is 56.2 Å². The third-order valence-corrected chi connectivity index (χ3v) is 13.5. The number of carbonyl (C=O) groups is 2. The molecule has 2 aliphatic heterocycles. The monoisotopic (exact) mass is 1130 g/mol. The third-order valence-electron chi connectivity index (χ3n) is 13.5. The molecule has 0 atom stereocenters. The van der Waals surface area contributed by atoms with E-state index >= 15 is 0 Å². The number of aliphatic hydroxyl groups is 2. The Balaban J connectivity index is 0.000000206. The number of benzene rings is 2. The van der Waals surface area contributed by atoms with E-state index < -0.39 is 36.2 Å². The van der Waals surface area contributed by atoms with Crippen molar-refractivity contribution in [2.45, 2.75) is 58.4 Å². The molecule has 4 aliphatic rings. The van der Waals surface area contributed by atoms with Crippen LogP contribution in [0.2, 0.25) is 0 Å². The van der Waals surface area contributed by atoms with E-state index in [1.165, 1.54) is 27.7 Å². The van der Waals surface area contributed by atoms with Crippen molar-refractivity contribution in [1.29, 1.82) is 0 Å². The van der Waals surface area contributed by atoms with Crippen LogP contribution in [0.3, 0.4) is 0 Å². The second-order valence-corrected chi connectivity index (χ2v) is 18.7. The fraction of sp³-hybridized carbons (Fsp3) is 0.440. The van der Waals surface area contributed by atoms with Crippen molar-refractivity contribution in [2.75, 3.05) is 107 Å². The normalized spacial score (nSPS) is 15.3. The van der Waals surface area contributed by atoms with E-state index in [9.17, 15) is 51.3 Å². The number of nitrogens with one attached hydrogen (secondary N) is 2. The molecule has 0 amide bonds. The first kappa shape index (κ1) is 59.0. The molecule has 4 N–H and O–H groups in total. The number of ether oxygens (including phenoxy) is 3. The first-order chi connectivity index (χ1) is 37.3. The summed E-state index contributed by atoms with van der Waals surface area (Å²) < 4.78 is 95.7. The molecule has 6 aromatic rings. The maximum absolute atomic E-state index is 13.2. The summed E-state index contributed by atoms with van der Waals surface area (Å²) in [5.41, 5.74) is 5.83. The summed E-state index contributed by atoms with van der Waals surface area (Å²) in [5, 5.41) is 44.9. The number of anilines is 6. The Labute approximate surface area is 491 Å². The second-order valence-electron chi connectivity index (χ2n) is 18.7. The number of likely N-dealkylation sites (N-methyl/N-ethyl adjacent to an activating group) is 2. The van der Waals surface area contributed by atoms with Crippen molar-refractivity contribution in [1.82, 2.24) is 49.3 Å². The molecular weight excluding hydrogens is 1080 g/mol. The zero-order valence-corrected chi connectivity index (χ0v) is 46.7. The summed E-state index contributed by atoms with van der Waals surface area (Å²) in [6.45, 7) is 7.68. The number of aromatic nitrogens is 8. The van der Waals surface area contributed by atoms with Gasteiger partial charge in [-0.15, -0.1) is 26.3 Å².